The van der Waals surface area contributed by atoms with E-state index in [2.05, 4.69) is 15.4 Å². The number of nitrogens with one attached hydrogen (secondary N) is 1. The summed E-state index contributed by atoms with van der Waals surface area (Å²) in [4.78, 5) is 4.21. The zero-order valence-corrected chi connectivity index (χ0v) is 8.03. The van der Waals surface area contributed by atoms with E-state index in [0.29, 0.717) is 0 Å². The molecule has 1 saturated heterocycles. The van der Waals surface area contributed by atoms with Gasteiger partial charge >= 0.3 is 0 Å². The lowest BCUT2D eigenvalue weighted by Crippen LogP contribution is -2.09. The van der Waals surface area contributed by atoms with Crippen LogP contribution in [0.5, 0.6) is 0 Å². The van der Waals surface area contributed by atoms with Crippen LogP contribution in [0.4, 0.5) is 0 Å². The van der Waals surface area contributed by atoms with Gasteiger partial charge in [-0.2, -0.15) is 5.10 Å². The van der Waals surface area contributed by atoms with Gasteiger partial charge in [0.1, 0.15) is 6.33 Å². The van der Waals surface area contributed by atoms with E-state index in [1.54, 1.807) is 11.0 Å². The highest BCUT2D eigenvalue weighted by molar-refractivity contribution is 4.83. The summed E-state index contributed by atoms with van der Waals surface area (Å²) in [7, 11) is 1.91. The van der Waals surface area contributed by atoms with E-state index in [1.807, 2.05) is 7.05 Å². The molecule has 0 radical (unpaired) electrons. The molecule has 1 fully saturated rings. The monoisotopic (exact) mass is 180 g/mol. The van der Waals surface area contributed by atoms with Crippen LogP contribution in [0.1, 0.15) is 18.7 Å². The van der Waals surface area contributed by atoms with Crippen LogP contribution in [0.15, 0.2) is 6.33 Å². The quantitative estimate of drug-likeness (QED) is 0.730. The van der Waals surface area contributed by atoms with E-state index in [-0.39, 0.29) is 0 Å². The lowest BCUT2D eigenvalue weighted by molar-refractivity contribution is 0.523. The van der Waals surface area contributed by atoms with Crippen molar-refractivity contribution < 1.29 is 0 Å². The summed E-state index contributed by atoms with van der Waals surface area (Å²) < 4.78 is 1.77. The van der Waals surface area contributed by atoms with Crippen molar-refractivity contribution in [3.63, 3.8) is 0 Å². The fourth-order valence-corrected chi connectivity index (χ4v) is 1.79. The molecule has 1 atom stereocenters. The Balaban J connectivity index is 1.78. The zero-order valence-electron chi connectivity index (χ0n) is 8.03. The van der Waals surface area contributed by atoms with Crippen LogP contribution < -0.4 is 5.32 Å². The van der Waals surface area contributed by atoms with E-state index in [0.717, 1.165) is 18.2 Å². The van der Waals surface area contributed by atoms with Crippen LogP contribution >= 0.6 is 0 Å². The van der Waals surface area contributed by atoms with E-state index in [4.69, 9.17) is 0 Å². The van der Waals surface area contributed by atoms with E-state index in [9.17, 15) is 0 Å². The lowest BCUT2D eigenvalue weighted by atomic mass is 10.0. The van der Waals surface area contributed by atoms with Gasteiger partial charge in [0.15, 0.2) is 5.82 Å². The third kappa shape index (κ3) is 2.28. The number of rotatable bonds is 3. The molecule has 1 aromatic rings. The van der Waals surface area contributed by atoms with Crippen molar-refractivity contribution in [1.29, 1.82) is 0 Å². The molecule has 0 amide bonds. The van der Waals surface area contributed by atoms with Gasteiger partial charge in [0.25, 0.3) is 0 Å². The molecule has 1 N–H and O–H groups in total. The predicted molar refractivity (Wildman–Crippen MR) is 50.3 cm³/mol. The highest BCUT2D eigenvalue weighted by Crippen LogP contribution is 2.13. The Kier molecular flexibility index (Phi) is 2.59. The largest absolute Gasteiger partial charge is 0.316 e. The van der Waals surface area contributed by atoms with Crippen molar-refractivity contribution in [2.24, 2.45) is 13.0 Å². The molecule has 2 rings (SSSR count). The second-order valence-corrected chi connectivity index (χ2v) is 3.73. The van der Waals surface area contributed by atoms with Crippen LogP contribution in [0.2, 0.25) is 0 Å². The second kappa shape index (κ2) is 3.87. The van der Waals surface area contributed by atoms with Crippen molar-refractivity contribution in [3.05, 3.63) is 12.2 Å². The molecule has 0 aliphatic carbocycles. The standard InChI is InChI=1S/C9H16N4/c1-13-7-11-9(12-13)3-2-8-4-5-10-6-8/h7-8,10H,2-6H2,1H3. The molecule has 1 unspecified atom stereocenters. The number of aromatic nitrogens is 3. The Morgan fingerprint density at radius 3 is 3.23 bits per heavy atom. The number of nitrogens with zero attached hydrogens (tertiary/aromatic N) is 3. The lowest BCUT2D eigenvalue weighted by Gasteiger charge is -2.04. The van der Waals surface area contributed by atoms with Crippen molar-refractivity contribution in [2.45, 2.75) is 19.3 Å². The molecule has 0 spiro atoms. The first-order valence-corrected chi connectivity index (χ1v) is 4.90. The van der Waals surface area contributed by atoms with Crippen LogP contribution in [0.3, 0.4) is 0 Å². The van der Waals surface area contributed by atoms with Crippen LogP contribution in [-0.2, 0) is 13.5 Å². The van der Waals surface area contributed by atoms with E-state index < -0.39 is 0 Å². The first kappa shape index (κ1) is 8.69. The first-order chi connectivity index (χ1) is 6.34. The molecule has 72 valence electrons. The summed E-state index contributed by atoms with van der Waals surface area (Å²) in [5.74, 6) is 1.82. The Bertz CT molecular complexity index is 262. The van der Waals surface area contributed by atoms with Crippen molar-refractivity contribution >= 4 is 0 Å². The molecule has 0 aromatic carbocycles. The molecular formula is C9H16N4. The van der Waals surface area contributed by atoms with E-state index in [1.165, 1.54) is 25.9 Å². The van der Waals surface area contributed by atoms with Crippen LogP contribution in [0.25, 0.3) is 0 Å². The predicted octanol–water partition coefficient (Wildman–Crippen LogP) is 0.357. The van der Waals surface area contributed by atoms with Gasteiger partial charge in [-0.1, -0.05) is 0 Å². The second-order valence-electron chi connectivity index (χ2n) is 3.73. The normalized spacial score (nSPS) is 22.4. The maximum atomic E-state index is 4.26. The SMILES string of the molecule is Cn1cnc(CCC2CCNC2)n1. The summed E-state index contributed by atoms with van der Waals surface area (Å²) in [6.07, 6.45) is 5.32. The maximum absolute atomic E-state index is 4.26. The molecule has 4 heteroatoms. The van der Waals surface area contributed by atoms with Gasteiger partial charge in [-0.15, -0.1) is 0 Å². The Labute approximate surface area is 78.4 Å². The van der Waals surface area contributed by atoms with Gasteiger partial charge in [-0.05, 0) is 31.8 Å². The number of hydrogen-bond donors (Lipinski definition) is 1. The average molecular weight is 180 g/mol. The summed E-state index contributed by atoms with van der Waals surface area (Å²) in [5.41, 5.74) is 0. The van der Waals surface area contributed by atoms with Crippen LogP contribution in [-0.4, -0.2) is 27.9 Å². The molecule has 1 aliphatic rings. The Morgan fingerprint density at radius 2 is 2.62 bits per heavy atom. The molecular weight excluding hydrogens is 164 g/mol. The molecule has 0 saturated carbocycles. The summed E-state index contributed by atoms with van der Waals surface area (Å²) in [5, 5.41) is 7.62. The molecule has 0 bridgehead atoms. The topological polar surface area (TPSA) is 42.7 Å². The zero-order chi connectivity index (χ0) is 9.10. The number of hydrogen-bond acceptors (Lipinski definition) is 3. The Hall–Kier alpha value is -0.900. The van der Waals surface area contributed by atoms with Crippen molar-refractivity contribution in [2.75, 3.05) is 13.1 Å². The fourth-order valence-electron chi connectivity index (χ4n) is 1.79. The minimum absolute atomic E-state index is 0.837. The molecule has 1 aliphatic heterocycles. The third-order valence-corrected chi connectivity index (χ3v) is 2.59. The summed E-state index contributed by atoms with van der Waals surface area (Å²) >= 11 is 0. The molecule has 4 nitrogen and oxygen atoms in total. The van der Waals surface area contributed by atoms with Crippen LogP contribution in [0, 0.1) is 5.92 Å². The highest BCUT2D eigenvalue weighted by atomic mass is 15.3. The van der Waals surface area contributed by atoms with Gasteiger partial charge in [0.05, 0.1) is 0 Å². The average Bonchev–Trinajstić information content (AvgIpc) is 2.71. The first-order valence-electron chi connectivity index (χ1n) is 4.90. The summed E-state index contributed by atoms with van der Waals surface area (Å²) in [6, 6.07) is 0. The highest BCUT2D eigenvalue weighted by Gasteiger charge is 2.14. The van der Waals surface area contributed by atoms with Gasteiger partial charge in [-0.3, -0.25) is 4.68 Å². The smallest absolute Gasteiger partial charge is 0.150 e. The van der Waals surface area contributed by atoms with Gasteiger partial charge in [0, 0.05) is 13.5 Å². The van der Waals surface area contributed by atoms with Crippen molar-refractivity contribution in [1.82, 2.24) is 20.1 Å². The third-order valence-electron chi connectivity index (χ3n) is 2.59. The number of aryl methyl sites for hydroxylation is 2. The minimum atomic E-state index is 0.837. The van der Waals surface area contributed by atoms with Gasteiger partial charge in [-0.25, -0.2) is 4.98 Å². The van der Waals surface area contributed by atoms with Gasteiger partial charge in [0.2, 0.25) is 0 Å². The van der Waals surface area contributed by atoms with Crippen molar-refractivity contribution in [3.8, 4) is 0 Å². The minimum Gasteiger partial charge on any atom is -0.316 e. The molecule has 2 heterocycles. The fraction of sp³-hybridized carbons (Fsp3) is 0.778. The van der Waals surface area contributed by atoms with Gasteiger partial charge < -0.3 is 5.32 Å². The summed E-state index contributed by atoms with van der Waals surface area (Å²) in [6.45, 7) is 2.35. The maximum Gasteiger partial charge on any atom is 0.150 e. The molecule has 1 aromatic heterocycles. The Morgan fingerprint density at radius 1 is 1.69 bits per heavy atom. The molecule has 13 heavy (non-hydrogen) atoms. The van der Waals surface area contributed by atoms with E-state index >= 15 is 0 Å².